The molecule has 2 heterocycles. The average molecular weight is 628 g/mol. The summed E-state index contributed by atoms with van der Waals surface area (Å²) in [5, 5.41) is -0.0324. The van der Waals surface area contributed by atoms with Crippen molar-refractivity contribution in [3.05, 3.63) is 80.8 Å². The summed E-state index contributed by atoms with van der Waals surface area (Å²) in [5.41, 5.74) is 2.32. The number of carbonyl (C=O) groups is 2. The van der Waals surface area contributed by atoms with Gasteiger partial charge in [-0.05, 0) is 87.4 Å². The summed E-state index contributed by atoms with van der Waals surface area (Å²) in [4.78, 5) is 34.8. The van der Waals surface area contributed by atoms with Crippen molar-refractivity contribution >= 4 is 40.8 Å². The highest BCUT2D eigenvalue weighted by Gasteiger charge is 2.37. The van der Waals surface area contributed by atoms with E-state index in [-0.39, 0.29) is 50.8 Å². The maximum atomic E-state index is 14.8. The lowest BCUT2D eigenvalue weighted by molar-refractivity contribution is 0.0144. The second-order valence-electron chi connectivity index (χ2n) is 12.2. The molecule has 0 N–H and O–H groups in total. The molecule has 3 aromatic rings. The summed E-state index contributed by atoms with van der Waals surface area (Å²) in [6, 6.07) is 11.6. The molecule has 0 aliphatic heterocycles. The normalized spacial score (nSPS) is 20.2. The van der Waals surface area contributed by atoms with Gasteiger partial charge in [-0.15, -0.1) is 11.3 Å². The van der Waals surface area contributed by atoms with Crippen LogP contribution in [0.1, 0.15) is 84.7 Å². The maximum absolute atomic E-state index is 14.8. The van der Waals surface area contributed by atoms with Gasteiger partial charge in [0.05, 0.1) is 9.90 Å². The molecule has 228 valence electrons. The van der Waals surface area contributed by atoms with Gasteiger partial charge >= 0.3 is 6.09 Å². The number of pyridine rings is 1. The molecule has 2 aliphatic carbocycles. The minimum atomic E-state index is -1.40. The van der Waals surface area contributed by atoms with E-state index in [9.17, 15) is 18.4 Å². The first-order valence-corrected chi connectivity index (χ1v) is 15.7. The van der Waals surface area contributed by atoms with Crippen LogP contribution in [0.5, 0.6) is 0 Å². The lowest BCUT2D eigenvalue weighted by atomic mass is 9.89. The zero-order valence-corrected chi connectivity index (χ0v) is 26.4. The highest BCUT2D eigenvalue weighted by molar-refractivity contribution is 7.15. The van der Waals surface area contributed by atoms with E-state index in [1.54, 1.807) is 29.2 Å². The van der Waals surface area contributed by atoms with Gasteiger partial charge < -0.3 is 14.5 Å². The molecule has 6 nitrogen and oxygen atoms in total. The zero-order chi connectivity index (χ0) is 30.9. The summed E-state index contributed by atoms with van der Waals surface area (Å²) >= 11 is 7.54. The number of halogens is 3. The standard InChI is InChI=1S/C33H36ClF2N3O3S/c1-33(2,3)42-32(41)38(4)23-8-10-24(11-9-23)39(19-20-6-5-7-22(18-20)21-14-16-37-17-15-21)31(40)30-28(34)27-25(35)12-13-26(36)29(27)43-30/h5-7,12,14-18,23-24,26H,8-11,13,19H2,1-4H3. The number of rotatable bonds is 6. The fourth-order valence-electron chi connectivity index (χ4n) is 5.75. The smallest absolute Gasteiger partial charge is 0.410 e. The number of ether oxygens (including phenoxy) is 1. The molecule has 1 unspecified atom stereocenters. The molecular formula is C33H36ClF2N3O3S. The predicted octanol–water partition coefficient (Wildman–Crippen LogP) is 9.01. The number of nitrogens with zero attached hydrogens (tertiary/aromatic N) is 3. The topological polar surface area (TPSA) is 62.7 Å². The molecule has 0 spiro atoms. The largest absolute Gasteiger partial charge is 0.444 e. The summed E-state index contributed by atoms with van der Waals surface area (Å²) in [6.07, 6.45) is 5.46. The molecule has 2 aliphatic rings. The SMILES string of the molecule is CN(C(=O)OC(C)(C)C)C1CCC(N(Cc2cccc(-c3ccncc3)c2)C(=O)c2sc3c(c2Cl)C(F)=CCC3F)CC1. The van der Waals surface area contributed by atoms with Crippen molar-refractivity contribution in [1.82, 2.24) is 14.8 Å². The van der Waals surface area contributed by atoms with Gasteiger partial charge in [-0.1, -0.05) is 29.8 Å². The van der Waals surface area contributed by atoms with Crippen LogP contribution in [0.25, 0.3) is 17.0 Å². The van der Waals surface area contributed by atoms with E-state index < -0.39 is 17.6 Å². The fourth-order valence-corrected chi connectivity index (χ4v) is 7.34. The van der Waals surface area contributed by atoms with Crippen molar-refractivity contribution in [3.8, 4) is 11.1 Å². The van der Waals surface area contributed by atoms with Crippen LogP contribution in [0.2, 0.25) is 5.02 Å². The first-order valence-electron chi connectivity index (χ1n) is 14.5. The summed E-state index contributed by atoms with van der Waals surface area (Å²) < 4.78 is 35.1. The third kappa shape index (κ3) is 6.93. The van der Waals surface area contributed by atoms with Crippen molar-refractivity contribution < 1.29 is 23.1 Å². The van der Waals surface area contributed by atoms with E-state index in [1.165, 1.54) is 6.08 Å². The number of alkyl halides is 1. The van der Waals surface area contributed by atoms with Gasteiger partial charge in [0.25, 0.3) is 5.91 Å². The first-order chi connectivity index (χ1) is 20.4. The van der Waals surface area contributed by atoms with Gasteiger partial charge in [0.15, 0.2) is 0 Å². The third-order valence-electron chi connectivity index (χ3n) is 7.99. The minimum Gasteiger partial charge on any atom is -0.444 e. The van der Waals surface area contributed by atoms with Crippen molar-refractivity contribution in [2.45, 2.75) is 83.3 Å². The number of carbonyl (C=O) groups excluding carboxylic acids is 2. The van der Waals surface area contributed by atoms with Crippen LogP contribution in [0.15, 0.2) is 54.9 Å². The van der Waals surface area contributed by atoms with Gasteiger partial charge in [-0.2, -0.15) is 0 Å². The van der Waals surface area contributed by atoms with E-state index in [0.29, 0.717) is 32.2 Å². The van der Waals surface area contributed by atoms with Crippen LogP contribution in [-0.4, -0.2) is 51.5 Å². The number of fused-ring (bicyclic) bond motifs is 1. The van der Waals surface area contributed by atoms with Gasteiger partial charge in [0, 0.05) is 50.1 Å². The number of hydrogen-bond donors (Lipinski definition) is 0. The Hall–Kier alpha value is -3.30. The minimum absolute atomic E-state index is 0.00362. The summed E-state index contributed by atoms with van der Waals surface area (Å²) in [7, 11) is 1.75. The molecule has 1 atom stereocenters. The average Bonchev–Trinajstić information content (AvgIpc) is 3.35. The maximum Gasteiger partial charge on any atom is 0.410 e. The second-order valence-corrected chi connectivity index (χ2v) is 13.6. The molecular weight excluding hydrogens is 592 g/mol. The molecule has 5 rings (SSSR count). The Morgan fingerprint density at radius 1 is 1.07 bits per heavy atom. The van der Waals surface area contributed by atoms with Crippen molar-refractivity contribution in [2.75, 3.05) is 7.05 Å². The van der Waals surface area contributed by atoms with Crippen LogP contribution < -0.4 is 0 Å². The number of amides is 2. The lowest BCUT2D eigenvalue weighted by Crippen LogP contribution is -2.47. The highest BCUT2D eigenvalue weighted by atomic mass is 35.5. The third-order valence-corrected chi connectivity index (χ3v) is 9.74. The zero-order valence-electron chi connectivity index (χ0n) is 24.8. The Balaban J connectivity index is 1.42. The van der Waals surface area contributed by atoms with Crippen LogP contribution in [0.3, 0.4) is 0 Å². The molecule has 1 fully saturated rings. The Bertz CT molecular complexity index is 1510. The van der Waals surface area contributed by atoms with E-state index in [4.69, 9.17) is 16.3 Å². The van der Waals surface area contributed by atoms with Crippen LogP contribution in [-0.2, 0) is 11.3 Å². The van der Waals surface area contributed by atoms with Crippen LogP contribution in [0.4, 0.5) is 13.6 Å². The summed E-state index contributed by atoms with van der Waals surface area (Å²) in [5.74, 6) is -0.936. The molecule has 10 heteroatoms. The molecule has 0 bridgehead atoms. The quantitative estimate of drug-likeness (QED) is 0.274. The van der Waals surface area contributed by atoms with Gasteiger partial charge in [-0.25, -0.2) is 13.6 Å². The van der Waals surface area contributed by atoms with Crippen LogP contribution >= 0.6 is 22.9 Å². The first kappa shape index (κ1) is 31.1. The molecule has 0 radical (unpaired) electrons. The highest BCUT2D eigenvalue weighted by Crippen LogP contribution is 2.47. The molecule has 1 saturated carbocycles. The Morgan fingerprint density at radius 2 is 1.74 bits per heavy atom. The summed E-state index contributed by atoms with van der Waals surface area (Å²) in [6.45, 7) is 5.81. The van der Waals surface area contributed by atoms with Gasteiger partial charge in [-0.3, -0.25) is 9.78 Å². The Labute approximate surface area is 260 Å². The molecule has 2 aromatic heterocycles. The van der Waals surface area contributed by atoms with E-state index in [2.05, 4.69) is 4.98 Å². The number of hydrogen-bond acceptors (Lipinski definition) is 5. The van der Waals surface area contributed by atoms with Crippen molar-refractivity contribution in [1.29, 1.82) is 0 Å². The Kier molecular flexibility index (Phi) is 9.23. The lowest BCUT2D eigenvalue weighted by Gasteiger charge is -2.40. The Morgan fingerprint density at radius 3 is 2.40 bits per heavy atom. The molecule has 1 aromatic carbocycles. The molecule has 2 amide bonds. The van der Waals surface area contributed by atoms with E-state index in [0.717, 1.165) is 28.0 Å². The van der Waals surface area contributed by atoms with Crippen molar-refractivity contribution in [2.24, 2.45) is 0 Å². The van der Waals surface area contributed by atoms with Gasteiger partial charge in [0.2, 0.25) is 0 Å². The second kappa shape index (κ2) is 12.7. The van der Waals surface area contributed by atoms with E-state index in [1.807, 2.05) is 57.2 Å². The number of allylic oxidation sites excluding steroid dienone is 1. The number of benzene rings is 1. The van der Waals surface area contributed by atoms with Crippen LogP contribution in [0, 0.1) is 0 Å². The number of aromatic nitrogens is 1. The van der Waals surface area contributed by atoms with E-state index >= 15 is 0 Å². The fraction of sp³-hybridized carbons (Fsp3) is 0.424. The monoisotopic (exact) mass is 627 g/mol. The molecule has 0 saturated heterocycles. The number of thiophene rings is 1. The van der Waals surface area contributed by atoms with Gasteiger partial charge in [0.1, 0.15) is 22.5 Å². The van der Waals surface area contributed by atoms with Crippen molar-refractivity contribution in [3.63, 3.8) is 0 Å². The molecule has 43 heavy (non-hydrogen) atoms. The predicted molar refractivity (Wildman–Crippen MR) is 166 cm³/mol.